The van der Waals surface area contributed by atoms with Crippen LogP contribution in [0.5, 0.6) is 5.75 Å². The fourth-order valence-electron chi connectivity index (χ4n) is 2.45. The van der Waals surface area contributed by atoms with E-state index >= 15 is 0 Å². The molecule has 0 saturated carbocycles. The van der Waals surface area contributed by atoms with Crippen LogP contribution in [0.4, 0.5) is 0 Å². The molecule has 2 aromatic carbocycles. The number of fused-ring (bicyclic) bond motifs is 1. The summed E-state index contributed by atoms with van der Waals surface area (Å²) in [4.78, 5) is 12.5. The summed E-state index contributed by atoms with van der Waals surface area (Å²) in [5, 5.41) is 1.75. The lowest BCUT2D eigenvalue weighted by atomic mass is 10.1. The predicted octanol–water partition coefficient (Wildman–Crippen LogP) is 3.37. The van der Waals surface area contributed by atoms with Gasteiger partial charge in [0.15, 0.2) is 0 Å². The van der Waals surface area contributed by atoms with E-state index in [0.717, 1.165) is 27.6 Å². The summed E-state index contributed by atoms with van der Waals surface area (Å²) in [5.74, 6) is 0.820. The highest BCUT2D eigenvalue weighted by Gasteiger charge is 2.04. The molecule has 0 bridgehead atoms. The van der Waals surface area contributed by atoms with Crippen LogP contribution in [0.3, 0.4) is 0 Å². The average molecular weight is 279 g/mol. The number of rotatable bonds is 3. The third-order valence-electron chi connectivity index (χ3n) is 3.65. The first-order valence-corrected chi connectivity index (χ1v) is 6.90. The summed E-state index contributed by atoms with van der Waals surface area (Å²) >= 11 is 0. The molecule has 3 rings (SSSR count). The number of ether oxygens (including phenoxy) is 1. The molecule has 0 aliphatic rings. The Morgan fingerprint density at radius 2 is 1.81 bits per heavy atom. The van der Waals surface area contributed by atoms with Crippen LogP contribution < -0.4 is 10.3 Å². The van der Waals surface area contributed by atoms with Crippen molar-refractivity contribution >= 4 is 10.8 Å². The van der Waals surface area contributed by atoms with Gasteiger partial charge in [0.25, 0.3) is 5.56 Å². The van der Waals surface area contributed by atoms with Crippen molar-refractivity contribution < 1.29 is 4.74 Å². The summed E-state index contributed by atoms with van der Waals surface area (Å²) in [6.07, 6.45) is 1.85. The molecule has 0 fully saturated rings. The van der Waals surface area contributed by atoms with Crippen LogP contribution in [-0.2, 0) is 6.54 Å². The second kappa shape index (κ2) is 5.44. The predicted molar refractivity (Wildman–Crippen MR) is 85.0 cm³/mol. The van der Waals surface area contributed by atoms with Gasteiger partial charge in [0.05, 0.1) is 13.7 Å². The molecule has 3 nitrogen and oxygen atoms in total. The minimum atomic E-state index is 0.0482. The molecule has 106 valence electrons. The van der Waals surface area contributed by atoms with Crippen molar-refractivity contribution in [3.05, 3.63) is 76.2 Å². The van der Waals surface area contributed by atoms with Crippen molar-refractivity contribution in [2.45, 2.75) is 13.5 Å². The molecule has 0 unspecified atom stereocenters. The molecule has 0 radical (unpaired) electrons. The molecule has 0 amide bonds. The Morgan fingerprint density at radius 1 is 1.05 bits per heavy atom. The van der Waals surface area contributed by atoms with Crippen LogP contribution in [0.2, 0.25) is 0 Å². The number of hydrogen-bond acceptors (Lipinski definition) is 2. The fraction of sp³-hybridized carbons (Fsp3) is 0.167. The summed E-state index contributed by atoms with van der Waals surface area (Å²) in [5.41, 5.74) is 2.22. The second-order valence-corrected chi connectivity index (χ2v) is 5.19. The Bertz CT molecular complexity index is 832. The normalized spacial score (nSPS) is 10.8. The molecular formula is C18H17NO2. The molecule has 0 aliphatic carbocycles. The summed E-state index contributed by atoms with van der Waals surface area (Å²) < 4.78 is 6.89. The molecule has 21 heavy (non-hydrogen) atoms. The zero-order chi connectivity index (χ0) is 14.8. The van der Waals surface area contributed by atoms with Crippen LogP contribution in [0.25, 0.3) is 10.8 Å². The second-order valence-electron chi connectivity index (χ2n) is 5.19. The maximum Gasteiger partial charge on any atom is 0.258 e. The van der Waals surface area contributed by atoms with Gasteiger partial charge in [0, 0.05) is 11.6 Å². The van der Waals surface area contributed by atoms with Gasteiger partial charge in [-0.25, -0.2) is 0 Å². The van der Waals surface area contributed by atoms with Gasteiger partial charge in [-0.3, -0.25) is 4.79 Å². The number of methoxy groups -OCH3 is 1. The molecule has 3 heteroatoms. The minimum absolute atomic E-state index is 0.0482. The highest BCUT2D eigenvalue weighted by Crippen LogP contribution is 2.14. The number of benzene rings is 2. The van der Waals surface area contributed by atoms with E-state index in [4.69, 9.17) is 4.74 Å². The Morgan fingerprint density at radius 3 is 2.52 bits per heavy atom. The van der Waals surface area contributed by atoms with Gasteiger partial charge in [-0.15, -0.1) is 0 Å². The smallest absolute Gasteiger partial charge is 0.258 e. The fourth-order valence-corrected chi connectivity index (χ4v) is 2.45. The van der Waals surface area contributed by atoms with Crippen LogP contribution in [0.1, 0.15) is 11.1 Å². The number of aryl methyl sites for hydroxylation is 1. The van der Waals surface area contributed by atoms with Gasteiger partial charge in [0.2, 0.25) is 0 Å². The molecule has 3 aromatic rings. The highest BCUT2D eigenvalue weighted by atomic mass is 16.5. The van der Waals surface area contributed by atoms with E-state index in [-0.39, 0.29) is 5.56 Å². The van der Waals surface area contributed by atoms with E-state index in [1.807, 2.05) is 61.7 Å². The Labute approximate surface area is 123 Å². The van der Waals surface area contributed by atoms with Gasteiger partial charge in [-0.1, -0.05) is 29.8 Å². The average Bonchev–Trinajstić information content (AvgIpc) is 2.51. The molecule has 0 spiro atoms. The monoisotopic (exact) mass is 279 g/mol. The van der Waals surface area contributed by atoms with Crippen molar-refractivity contribution in [3.63, 3.8) is 0 Å². The topological polar surface area (TPSA) is 31.2 Å². The van der Waals surface area contributed by atoms with Crippen molar-refractivity contribution in [1.82, 2.24) is 4.57 Å². The van der Waals surface area contributed by atoms with E-state index < -0.39 is 0 Å². The molecule has 0 aliphatic heterocycles. The third kappa shape index (κ3) is 2.68. The largest absolute Gasteiger partial charge is 0.497 e. The standard InChI is InChI=1S/C18H17NO2/c1-13-3-6-15-9-10-19(18(20)17(15)11-13)12-14-4-7-16(21-2)8-5-14/h3-11H,12H2,1-2H3. The van der Waals surface area contributed by atoms with E-state index in [9.17, 15) is 4.79 Å². The third-order valence-corrected chi connectivity index (χ3v) is 3.65. The quantitative estimate of drug-likeness (QED) is 0.736. The molecule has 1 heterocycles. The molecular weight excluding hydrogens is 262 g/mol. The van der Waals surface area contributed by atoms with E-state index in [0.29, 0.717) is 6.54 Å². The first kappa shape index (κ1) is 13.4. The number of nitrogens with zero attached hydrogens (tertiary/aromatic N) is 1. The first-order valence-electron chi connectivity index (χ1n) is 6.90. The highest BCUT2D eigenvalue weighted by molar-refractivity contribution is 5.82. The van der Waals surface area contributed by atoms with E-state index in [2.05, 4.69) is 0 Å². The Hall–Kier alpha value is -2.55. The van der Waals surface area contributed by atoms with Crippen LogP contribution in [0, 0.1) is 6.92 Å². The van der Waals surface area contributed by atoms with Gasteiger partial charge >= 0.3 is 0 Å². The van der Waals surface area contributed by atoms with Crippen LogP contribution >= 0.6 is 0 Å². The van der Waals surface area contributed by atoms with E-state index in [1.54, 1.807) is 11.7 Å². The zero-order valence-corrected chi connectivity index (χ0v) is 12.2. The molecule has 1 aromatic heterocycles. The van der Waals surface area contributed by atoms with Crippen molar-refractivity contribution in [1.29, 1.82) is 0 Å². The minimum Gasteiger partial charge on any atom is -0.497 e. The molecule has 0 N–H and O–H groups in total. The van der Waals surface area contributed by atoms with Gasteiger partial charge in [0.1, 0.15) is 5.75 Å². The van der Waals surface area contributed by atoms with Crippen molar-refractivity contribution in [3.8, 4) is 5.75 Å². The van der Waals surface area contributed by atoms with Gasteiger partial charge in [-0.2, -0.15) is 0 Å². The maximum absolute atomic E-state index is 12.5. The maximum atomic E-state index is 12.5. The Balaban J connectivity index is 2.00. The SMILES string of the molecule is COc1ccc(Cn2ccc3ccc(C)cc3c2=O)cc1. The van der Waals surface area contributed by atoms with Gasteiger partial charge < -0.3 is 9.30 Å². The van der Waals surface area contributed by atoms with Crippen LogP contribution in [0.15, 0.2) is 59.5 Å². The molecule has 0 atom stereocenters. The summed E-state index contributed by atoms with van der Waals surface area (Å²) in [7, 11) is 1.64. The number of hydrogen-bond donors (Lipinski definition) is 0. The summed E-state index contributed by atoms with van der Waals surface area (Å²) in [6.45, 7) is 2.56. The van der Waals surface area contributed by atoms with Crippen LogP contribution in [-0.4, -0.2) is 11.7 Å². The number of pyridine rings is 1. The van der Waals surface area contributed by atoms with Gasteiger partial charge in [-0.05, 0) is 42.1 Å². The lowest BCUT2D eigenvalue weighted by molar-refractivity contribution is 0.414. The lowest BCUT2D eigenvalue weighted by Gasteiger charge is -2.08. The van der Waals surface area contributed by atoms with E-state index in [1.165, 1.54) is 0 Å². The summed E-state index contributed by atoms with van der Waals surface area (Å²) in [6, 6.07) is 15.7. The molecule has 0 saturated heterocycles. The first-order chi connectivity index (χ1) is 10.2. The lowest BCUT2D eigenvalue weighted by Crippen LogP contribution is -2.20. The van der Waals surface area contributed by atoms with Crippen molar-refractivity contribution in [2.24, 2.45) is 0 Å². The number of aromatic nitrogens is 1. The zero-order valence-electron chi connectivity index (χ0n) is 12.2. The van der Waals surface area contributed by atoms with Crippen molar-refractivity contribution in [2.75, 3.05) is 7.11 Å². The Kier molecular flexibility index (Phi) is 3.48.